The highest BCUT2D eigenvalue weighted by Gasteiger charge is 2.10. The smallest absolute Gasteiger partial charge is 0.251 e. The van der Waals surface area contributed by atoms with Crippen LogP contribution in [0.4, 0.5) is 0 Å². The predicted molar refractivity (Wildman–Crippen MR) is 121 cm³/mol. The van der Waals surface area contributed by atoms with Gasteiger partial charge in [0.25, 0.3) is 5.91 Å². The summed E-state index contributed by atoms with van der Waals surface area (Å²) >= 11 is 7.83. The Morgan fingerprint density at radius 3 is 2.68 bits per heavy atom. The van der Waals surface area contributed by atoms with Crippen LogP contribution in [0.1, 0.15) is 21.7 Å². The second kappa shape index (κ2) is 9.80. The van der Waals surface area contributed by atoms with Crippen LogP contribution < -0.4 is 10.1 Å². The first-order valence-electron chi connectivity index (χ1n) is 9.64. The van der Waals surface area contributed by atoms with Crippen LogP contribution in [0.2, 0.25) is 5.02 Å². The summed E-state index contributed by atoms with van der Waals surface area (Å²) in [5, 5.41) is 17.5. The monoisotopic (exact) mass is 453 g/mol. The summed E-state index contributed by atoms with van der Waals surface area (Å²) in [5.41, 5.74) is 2.29. The number of rotatable bonds is 8. The molecule has 1 N–H and O–H groups in total. The number of thioether (sulfide) groups is 1. The maximum absolute atomic E-state index is 12.3. The van der Waals surface area contributed by atoms with Crippen LogP contribution in [0.25, 0.3) is 5.65 Å². The molecule has 1 amide bonds. The van der Waals surface area contributed by atoms with Gasteiger partial charge in [-0.15, -0.1) is 10.2 Å². The Kier molecular flexibility index (Phi) is 6.69. The van der Waals surface area contributed by atoms with Crippen molar-refractivity contribution in [2.45, 2.75) is 17.2 Å². The fraction of sp³-hybridized carbons (Fsp3) is 0.182. The molecule has 0 radical (unpaired) electrons. The summed E-state index contributed by atoms with van der Waals surface area (Å²) in [6.07, 6.45) is 0.509. The van der Waals surface area contributed by atoms with E-state index in [1.54, 1.807) is 47.7 Å². The van der Waals surface area contributed by atoms with E-state index in [-0.39, 0.29) is 5.91 Å². The van der Waals surface area contributed by atoms with Gasteiger partial charge >= 0.3 is 0 Å². The minimum absolute atomic E-state index is 0.152. The van der Waals surface area contributed by atoms with Crippen molar-refractivity contribution in [3.63, 3.8) is 0 Å². The number of carbonyl (C=O) groups is 1. The van der Waals surface area contributed by atoms with Crippen LogP contribution in [0.5, 0.6) is 5.75 Å². The summed E-state index contributed by atoms with van der Waals surface area (Å²) in [4.78, 5) is 12.3. The normalized spacial score (nSPS) is 10.9. The number of fused-ring (bicyclic) bond motifs is 1. The third-order valence-electron chi connectivity index (χ3n) is 4.62. The first kappa shape index (κ1) is 21.1. The molecule has 0 unspecified atom stereocenters. The van der Waals surface area contributed by atoms with Gasteiger partial charge in [-0.1, -0.05) is 41.6 Å². The lowest BCUT2D eigenvalue weighted by Gasteiger charge is -2.06. The number of carbonyl (C=O) groups excluding carboxylic acids is 1. The number of hydrogen-bond donors (Lipinski definition) is 1. The molecule has 4 aromatic rings. The van der Waals surface area contributed by atoms with E-state index in [1.807, 2.05) is 36.4 Å². The SMILES string of the molecule is COc1ccc(C(=O)NCCc2nnc3ccc(SCc4ccccc4Cl)nn23)cc1. The molecule has 4 rings (SSSR count). The van der Waals surface area contributed by atoms with Gasteiger partial charge in [-0.2, -0.15) is 9.61 Å². The van der Waals surface area contributed by atoms with Crippen molar-refractivity contribution in [1.29, 1.82) is 0 Å². The third-order valence-corrected chi connectivity index (χ3v) is 5.96. The molecular formula is C22H20ClN5O2S. The highest BCUT2D eigenvalue weighted by Crippen LogP contribution is 2.25. The van der Waals surface area contributed by atoms with Crippen LogP contribution >= 0.6 is 23.4 Å². The molecule has 0 aliphatic rings. The topological polar surface area (TPSA) is 81.4 Å². The summed E-state index contributed by atoms with van der Waals surface area (Å²) in [6.45, 7) is 0.421. The number of nitrogens with zero attached hydrogens (tertiary/aromatic N) is 4. The zero-order valence-electron chi connectivity index (χ0n) is 16.8. The van der Waals surface area contributed by atoms with Crippen LogP contribution in [0.3, 0.4) is 0 Å². The van der Waals surface area contributed by atoms with Crippen LogP contribution in [-0.4, -0.2) is 39.4 Å². The number of nitrogens with one attached hydrogen (secondary N) is 1. The largest absolute Gasteiger partial charge is 0.497 e. The minimum atomic E-state index is -0.152. The van der Waals surface area contributed by atoms with Crippen molar-refractivity contribution in [3.05, 3.63) is 82.6 Å². The van der Waals surface area contributed by atoms with E-state index in [1.165, 1.54) is 0 Å². The van der Waals surface area contributed by atoms with Gasteiger partial charge in [0.15, 0.2) is 11.5 Å². The summed E-state index contributed by atoms with van der Waals surface area (Å²) < 4.78 is 6.83. The number of hydrogen-bond acceptors (Lipinski definition) is 6. The first-order valence-corrected chi connectivity index (χ1v) is 11.0. The van der Waals surface area contributed by atoms with E-state index >= 15 is 0 Å². The molecule has 0 saturated heterocycles. The Morgan fingerprint density at radius 2 is 1.90 bits per heavy atom. The van der Waals surface area contributed by atoms with Gasteiger partial charge in [0.2, 0.25) is 0 Å². The maximum Gasteiger partial charge on any atom is 0.251 e. The molecule has 0 fully saturated rings. The number of amides is 1. The molecule has 2 heterocycles. The lowest BCUT2D eigenvalue weighted by atomic mass is 10.2. The second-order valence-corrected chi connectivity index (χ2v) is 8.08. The highest BCUT2D eigenvalue weighted by atomic mass is 35.5. The molecule has 2 aromatic carbocycles. The molecule has 0 aliphatic carbocycles. The lowest BCUT2D eigenvalue weighted by molar-refractivity contribution is 0.0954. The van der Waals surface area contributed by atoms with Gasteiger partial charge in [0.1, 0.15) is 10.8 Å². The summed E-state index contributed by atoms with van der Waals surface area (Å²) in [7, 11) is 1.59. The average Bonchev–Trinajstić information content (AvgIpc) is 3.21. The number of halogens is 1. The number of aromatic nitrogens is 4. The average molecular weight is 454 g/mol. The molecule has 0 spiro atoms. The van der Waals surface area contributed by atoms with Crippen LogP contribution in [-0.2, 0) is 12.2 Å². The molecule has 0 saturated carbocycles. The molecule has 7 nitrogen and oxygen atoms in total. The second-order valence-electron chi connectivity index (χ2n) is 6.67. The van der Waals surface area contributed by atoms with Crippen molar-refractivity contribution >= 4 is 34.9 Å². The zero-order chi connectivity index (χ0) is 21.6. The fourth-order valence-electron chi connectivity index (χ4n) is 2.95. The van der Waals surface area contributed by atoms with Crippen molar-refractivity contribution in [1.82, 2.24) is 25.1 Å². The van der Waals surface area contributed by atoms with Crippen molar-refractivity contribution in [2.24, 2.45) is 0 Å². The van der Waals surface area contributed by atoms with Crippen molar-refractivity contribution in [2.75, 3.05) is 13.7 Å². The van der Waals surface area contributed by atoms with Gasteiger partial charge in [-0.05, 0) is 48.0 Å². The van der Waals surface area contributed by atoms with Gasteiger partial charge in [-0.25, -0.2) is 0 Å². The van der Waals surface area contributed by atoms with Gasteiger partial charge < -0.3 is 10.1 Å². The fourth-order valence-corrected chi connectivity index (χ4v) is 4.09. The van der Waals surface area contributed by atoms with Crippen LogP contribution in [0, 0.1) is 0 Å². The zero-order valence-corrected chi connectivity index (χ0v) is 18.4. The summed E-state index contributed by atoms with van der Waals surface area (Å²) in [5.74, 6) is 1.96. The molecule has 158 valence electrons. The molecular weight excluding hydrogens is 434 g/mol. The number of ether oxygens (including phenoxy) is 1. The molecule has 0 bridgehead atoms. The molecule has 0 aliphatic heterocycles. The van der Waals surface area contributed by atoms with E-state index in [0.29, 0.717) is 41.5 Å². The Labute approximate surface area is 188 Å². The molecule has 31 heavy (non-hydrogen) atoms. The Balaban J connectivity index is 1.38. The maximum atomic E-state index is 12.3. The van der Waals surface area contributed by atoms with Gasteiger partial charge in [0, 0.05) is 29.3 Å². The van der Waals surface area contributed by atoms with Crippen molar-refractivity contribution < 1.29 is 9.53 Å². The lowest BCUT2D eigenvalue weighted by Crippen LogP contribution is -2.26. The van der Waals surface area contributed by atoms with Crippen LogP contribution in [0.15, 0.2) is 65.7 Å². The standard InChI is InChI=1S/C22H20ClN5O2S/c1-30-17-8-6-15(7-9-17)22(29)24-13-12-20-26-25-19-10-11-21(27-28(19)20)31-14-16-4-2-3-5-18(16)23/h2-11H,12-14H2,1H3,(H,24,29). The number of benzene rings is 2. The summed E-state index contributed by atoms with van der Waals surface area (Å²) in [6, 6.07) is 18.5. The Bertz CT molecular complexity index is 1200. The minimum Gasteiger partial charge on any atom is -0.497 e. The van der Waals surface area contributed by atoms with Gasteiger partial charge in [-0.3, -0.25) is 4.79 Å². The highest BCUT2D eigenvalue weighted by molar-refractivity contribution is 7.98. The van der Waals surface area contributed by atoms with Crippen molar-refractivity contribution in [3.8, 4) is 5.75 Å². The quantitative estimate of drug-likeness (QED) is 0.405. The Hall–Kier alpha value is -3.10. The molecule has 9 heteroatoms. The molecule has 0 atom stereocenters. The Morgan fingerprint density at radius 1 is 1.10 bits per heavy atom. The predicted octanol–water partition coefficient (Wildman–Crippen LogP) is 4.05. The van der Waals surface area contributed by atoms with E-state index < -0.39 is 0 Å². The first-order chi connectivity index (χ1) is 15.1. The van der Waals surface area contributed by atoms with E-state index in [2.05, 4.69) is 20.6 Å². The third kappa shape index (κ3) is 5.15. The van der Waals surface area contributed by atoms with E-state index in [4.69, 9.17) is 16.3 Å². The molecule has 2 aromatic heterocycles. The van der Waals surface area contributed by atoms with E-state index in [9.17, 15) is 4.79 Å². The van der Waals surface area contributed by atoms with E-state index in [0.717, 1.165) is 15.6 Å². The number of methoxy groups -OCH3 is 1. The van der Waals surface area contributed by atoms with Gasteiger partial charge in [0.05, 0.1) is 7.11 Å².